The van der Waals surface area contributed by atoms with Crippen LogP contribution in [0.1, 0.15) is 21.5 Å². The van der Waals surface area contributed by atoms with Crippen molar-refractivity contribution in [3.05, 3.63) is 99.5 Å². The van der Waals surface area contributed by atoms with E-state index in [1.165, 1.54) is 18.2 Å². The van der Waals surface area contributed by atoms with Crippen LogP contribution >= 0.6 is 15.9 Å². The zero-order chi connectivity index (χ0) is 22.0. The van der Waals surface area contributed by atoms with Gasteiger partial charge in [-0.2, -0.15) is 0 Å². The van der Waals surface area contributed by atoms with E-state index < -0.39 is 11.7 Å². The van der Waals surface area contributed by atoms with Crippen molar-refractivity contribution in [2.24, 2.45) is 4.99 Å². The molecule has 1 heterocycles. The average Bonchev–Trinajstić information content (AvgIpc) is 2.89. The molecule has 1 aliphatic heterocycles. The molecule has 0 radical (unpaired) electrons. The van der Waals surface area contributed by atoms with E-state index >= 15 is 0 Å². The standard InChI is InChI=1S/C24H20BrF2N3O/c1-30-16(14-29-24(31)18-7-3-5-9-21(18)27)13-28-23(17-6-2-4-8-20(17)26)19-12-15(25)10-11-22(19)30/h2-12,16H,13-14H2,1H3,(H,29,31). The number of benzene rings is 3. The van der Waals surface area contributed by atoms with Gasteiger partial charge < -0.3 is 10.2 Å². The molecule has 7 heteroatoms. The molecule has 31 heavy (non-hydrogen) atoms. The largest absolute Gasteiger partial charge is 0.367 e. The Morgan fingerprint density at radius 2 is 1.77 bits per heavy atom. The van der Waals surface area contributed by atoms with Gasteiger partial charge in [0.1, 0.15) is 11.6 Å². The second-order valence-electron chi connectivity index (χ2n) is 7.29. The second-order valence-corrected chi connectivity index (χ2v) is 8.20. The normalized spacial score (nSPS) is 15.7. The summed E-state index contributed by atoms with van der Waals surface area (Å²) < 4.78 is 29.4. The number of amides is 1. The molecular weight excluding hydrogens is 464 g/mol. The molecule has 0 fully saturated rings. The summed E-state index contributed by atoms with van der Waals surface area (Å²) in [6.07, 6.45) is 0. The average molecular weight is 484 g/mol. The molecule has 0 aliphatic carbocycles. The highest BCUT2D eigenvalue weighted by Crippen LogP contribution is 2.31. The lowest BCUT2D eigenvalue weighted by Crippen LogP contribution is -2.44. The third-order valence-corrected chi connectivity index (χ3v) is 5.84. The van der Waals surface area contributed by atoms with E-state index in [2.05, 4.69) is 21.2 Å². The van der Waals surface area contributed by atoms with E-state index in [-0.39, 0.29) is 24.0 Å². The number of nitrogens with zero attached hydrogens (tertiary/aromatic N) is 2. The zero-order valence-corrected chi connectivity index (χ0v) is 18.4. The number of rotatable bonds is 4. The Kier molecular flexibility index (Phi) is 6.13. The predicted molar refractivity (Wildman–Crippen MR) is 122 cm³/mol. The van der Waals surface area contributed by atoms with Crippen molar-refractivity contribution >= 4 is 33.2 Å². The third kappa shape index (κ3) is 4.37. The van der Waals surface area contributed by atoms with E-state index in [4.69, 9.17) is 4.99 Å². The Labute approximate surface area is 187 Å². The molecule has 1 unspecified atom stereocenters. The topological polar surface area (TPSA) is 44.7 Å². The van der Waals surface area contributed by atoms with Gasteiger partial charge in [0.05, 0.1) is 23.9 Å². The van der Waals surface area contributed by atoms with Gasteiger partial charge in [0.15, 0.2) is 0 Å². The maximum absolute atomic E-state index is 14.6. The van der Waals surface area contributed by atoms with Gasteiger partial charge in [0.2, 0.25) is 0 Å². The SMILES string of the molecule is CN1c2ccc(Br)cc2C(c2ccccc2F)=NCC1CNC(=O)c1ccccc1F. The van der Waals surface area contributed by atoms with E-state index in [1.54, 1.807) is 30.3 Å². The van der Waals surface area contributed by atoms with Crippen LogP contribution in [-0.2, 0) is 0 Å². The Bertz CT molecular complexity index is 1170. The maximum Gasteiger partial charge on any atom is 0.254 e. The molecule has 1 amide bonds. The molecule has 0 aromatic heterocycles. The second kappa shape index (κ2) is 8.98. The summed E-state index contributed by atoms with van der Waals surface area (Å²) in [6.45, 7) is 0.594. The minimum absolute atomic E-state index is 0.00125. The highest BCUT2D eigenvalue weighted by atomic mass is 79.9. The van der Waals surface area contributed by atoms with Gasteiger partial charge in [-0.15, -0.1) is 0 Å². The lowest BCUT2D eigenvalue weighted by Gasteiger charge is -2.29. The van der Waals surface area contributed by atoms with Crippen molar-refractivity contribution in [2.45, 2.75) is 6.04 Å². The first-order valence-electron chi connectivity index (χ1n) is 9.80. The summed E-state index contributed by atoms with van der Waals surface area (Å²) in [5.41, 5.74) is 2.65. The summed E-state index contributed by atoms with van der Waals surface area (Å²) in [4.78, 5) is 19.2. The highest BCUT2D eigenvalue weighted by molar-refractivity contribution is 9.10. The number of hydrogen-bond donors (Lipinski definition) is 1. The van der Waals surface area contributed by atoms with Gasteiger partial charge in [-0.3, -0.25) is 9.79 Å². The van der Waals surface area contributed by atoms with Crippen LogP contribution in [-0.4, -0.2) is 37.8 Å². The van der Waals surface area contributed by atoms with Gasteiger partial charge in [0.25, 0.3) is 5.91 Å². The fourth-order valence-corrected chi connectivity index (χ4v) is 4.00. The summed E-state index contributed by atoms with van der Waals surface area (Å²) in [5.74, 6) is -1.39. The summed E-state index contributed by atoms with van der Waals surface area (Å²) in [6, 6.07) is 18.0. The molecule has 3 aromatic rings. The number of anilines is 1. The van der Waals surface area contributed by atoms with Crippen LogP contribution in [0.25, 0.3) is 0 Å². The number of likely N-dealkylation sites (N-methyl/N-ethyl adjacent to an activating group) is 1. The molecule has 1 atom stereocenters. The molecule has 0 bridgehead atoms. The van der Waals surface area contributed by atoms with Gasteiger partial charge in [-0.25, -0.2) is 8.78 Å². The smallest absolute Gasteiger partial charge is 0.254 e. The minimum Gasteiger partial charge on any atom is -0.367 e. The van der Waals surface area contributed by atoms with E-state index in [9.17, 15) is 13.6 Å². The highest BCUT2D eigenvalue weighted by Gasteiger charge is 2.26. The fraction of sp³-hybridized carbons (Fsp3) is 0.167. The minimum atomic E-state index is -0.565. The molecule has 0 saturated heterocycles. The molecule has 4 rings (SSSR count). The molecule has 0 saturated carbocycles. The van der Waals surface area contributed by atoms with Crippen LogP contribution in [0.3, 0.4) is 0 Å². The summed E-state index contributed by atoms with van der Waals surface area (Å²) >= 11 is 3.49. The lowest BCUT2D eigenvalue weighted by molar-refractivity contribution is 0.0947. The predicted octanol–water partition coefficient (Wildman–Crippen LogP) is 4.81. The van der Waals surface area contributed by atoms with Crippen molar-refractivity contribution in [2.75, 3.05) is 25.0 Å². The Morgan fingerprint density at radius 3 is 2.52 bits per heavy atom. The Balaban J connectivity index is 1.65. The summed E-state index contributed by atoms with van der Waals surface area (Å²) in [5, 5.41) is 2.80. The van der Waals surface area contributed by atoms with Crippen LogP contribution in [0.4, 0.5) is 14.5 Å². The Morgan fingerprint density at radius 1 is 1.06 bits per heavy atom. The summed E-state index contributed by atoms with van der Waals surface area (Å²) in [7, 11) is 1.91. The van der Waals surface area contributed by atoms with Crippen LogP contribution in [0.15, 0.2) is 76.2 Å². The molecular formula is C24H20BrF2N3O. The van der Waals surface area contributed by atoms with Crippen molar-refractivity contribution in [1.82, 2.24) is 5.32 Å². The number of benzodiazepines with no additional fused rings is 1. The molecule has 3 aromatic carbocycles. The number of halogens is 3. The monoisotopic (exact) mass is 483 g/mol. The zero-order valence-electron chi connectivity index (χ0n) is 16.8. The number of carbonyl (C=O) groups excluding carboxylic acids is 1. The molecule has 0 spiro atoms. The number of fused-ring (bicyclic) bond motifs is 1. The van der Waals surface area contributed by atoms with Gasteiger partial charge >= 0.3 is 0 Å². The van der Waals surface area contributed by atoms with Gasteiger partial charge in [0, 0.05) is 34.9 Å². The fourth-order valence-electron chi connectivity index (χ4n) is 3.64. The van der Waals surface area contributed by atoms with Crippen LogP contribution < -0.4 is 10.2 Å². The first kappa shape index (κ1) is 21.2. The number of nitrogens with one attached hydrogen (secondary N) is 1. The third-order valence-electron chi connectivity index (χ3n) is 5.35. The van der Waals surface area contributed by atoms with Crippen molar-refractivity contribution in [1.29, 1.82) is 0 Å². The first-order valence-corrected chi connectivity index (χ1v) is 10.6. The first-order chi connectivity index (χ1) is 15.0. The molecule has 1 aliphatic rings. The number of carbonyl (C=O) groups is 1. The maximum atomic E-state index is 14.6. The number of aliphatic imine (C=N–C) groups is 1. The molecule has 4 nitrogen and oxygen atoms in total. The molecule has 158 valence electrons. The Hall–Kier alpha value is -3.06. The van der Waals surface area contributed by atoms with Crippen molar-refractivity contribution in [3.63, 3.8) is 0 Å². The van der Waals surface area contributed by atoms with Crippen LogP contribution in [0, 0.1) is 11.6 Å². The quantitative estimate of drug-likeness (QED) is 0.578. The van der Waals surface area contributed by atoms with Crippen LogP contribution in [0.2, 0.25) is 0 Å². The van der Waals surface area contributed by atoms with E-state index in [0.717, 1.165) is 15.7 Å². The van der Waals surface area contributed by atoms with Gasteiger partial charge in [-0.1, -0.05) is 40.2 Å². The van der Waals surface area contributed by atoms with E-state index in [0.29, 0.717) is 17.8 Å². The van der Waals surface area contributed by atoms with Gasteiger partial charge in [-0.05, 0) is 42.5 Å². The van der Waals surface area contributed by atoms with Crippen molar-refractivity contribution in [3.8, 4) is 0 Å². The number of hydrogen-bond acceptors (Lipinski definition) is 3. The van der Waals surface area contributed by atoms with Crippen LogP contribution in [0.5, 0.6) is 0 Å². The van der Waals surface area contributed by atoms with E-state index in [1.807, 2.05) is 30.1 Å². The molecule has 1 N–H and O–H groups in total. The lowest BCUT2D eigenvalue weighted by atomic mass is 10.00. The van der Waals surface area contributed by atoms with Crippen molar-refractivity contribution < 1.29 is 13.6 Å².